The van der Waals surface area contributed by atoms with E-state index in [2.05, 4.69) is 15.9 Å². The minimum atomic E-state index is -5.21. The van der Waals surface area contributed by atoms with Gasteiger partial charge in [0, 0.05) is 16.1 Å². The lowest BCUT2D eigenvalue weighted by Crippen LogP contribution is -2.13. The molecule has 1 rings (SSSR count). The van der Waals surface area contributed by atoms with Crippen molar-refractivity contribution in [3.05, 3.63) is 37.8 Å². The molecule has 0 aliphatic heterocycles. The summed E-state index contributed by atoms with van der Waals surface area (Å²) in [7, 11) is 0. The van der Waals surface area contributed by atoms with Crippen LogP contribution in [0.5, 0.6) is 0 Å². The summed E-state index contributed by atoms with van der Waals surface area (Å²) >= 11 is 2.65. The fourth-order valence-corrected chi connectivity index (χ4v) is 1.70. The maximum Gasteiger partial charge on any atom is 0.423 e. The van der Waals surface area contributed by atoms with Gasteiger partial charge in [-0.1, -0.05) is 15.9 Å². The Kier molecular flexibility index (Phi) is 3.70. The molecule has 94 valence electrons. The largest absolute Gasteiger partial charge is 0.423 e. The fourth-order valence-electron chi connectivity index (χ4n) is 1.24. The third-order valence-electron chi connectivity index (χ3n) is 1.83. The van der Waals surface area contributed by atoms with Crippen LogP contribution in [-0.2, 0) is 6.18 Å². The zero-order valence-corrected chi connectivity index (χ0v) is 9.35. The molecule has 0 spiro atoms. The number of hydrogen-bond acceptors (Lipinski definition) is 2. The lowest BCUT2D eigenvalue weighted by molar-refractivity contribution is -0.388. The number of rotatable bonds is 2. The molecule has 0 unspecified atom stereocenters. The second kappa shape index (κ2) is 4.55. The van der Waals surface area contributed by atoms with E-state index in [1.807, 2.05) is 0 Å². The summed E-state index contributed by atoms with van der Waals surface area (Å²) in [5.41, 5.74) is -4.73. The topological polar surface area (TPSA) is 43.1 Å². The Bertz CT molecular complexity index is 460. The van der Waals surface area contributed by atoms with Gasteiger partial charge in [-0.25, -0.2) is 8.78 Å². The molecule has 0 heterocycles. The van der Waals surface area contributed by atoms with E-state index in [0.717, 1.165) is 0 Å². The van der Waals surface area contributed by atoms with Crippen molar-refractivity contribution in [3.63, 3.8) is 0 Å². The molecule has 0 radical (unpaired) electrons. The highest BCUT2D eigenvalue weighted by Crippen LogP contribution is 2.43. The Morgan fingerprint density at radius 1 is 1.29 bits per heavy atom. The van der Waals surface area contributed by atoms with Crippen LogP contribution in [0.2, 0.25) is 0 Å². The summed E-state index contributed by atoms with van der Waals surface area (Å²) in [5.74, 6) is 0. The van der Waals surface area contributed by atoms with Crippen LogP contribution in [0.15, 0.2) is 16.6 Å². The molecule has 0 amide bonds. The van der Waals surface area contributed by atoms with Crippen LogP contribution in [0.3, 0.4) is 0 Å². The molecule has 3 nitrogen and oxygen atoms in total. The predicted molar refractivity (Wildman–Crippen MR) is 50.8 cm³/mol. The van der Waals surface area contributed by atoms with Crippen LogP contribution in [0, 0.1) is 10.1 Å². The average molecular weight is 320 g/mol. The first kappa shape index (κ1) is 13.8. The molecule has 0 aliphatic carbocycles. The van der Waals surface area contributed by atoms with Gasteiger partial charge in [0.1, 0.15) is 5.56 Å². The van der Waals surface area contributed by atoms with Gasteiger partial charge in [-0.05, 0) is 6.07 Å². The zero-order chi connectivity index (χ0) is 13.4. The van der Waals surface area contributed by atoms with Gasteiger partial charge in [0.15, 0.2) is 0 Å². The third-order valence-corrected chi connectivity index (χ3v) is 2.29. The Morgan fingerprint density at radius 3 is 2.18 bits per heavy atom. The summed E-state index contributed by atoms with van der Waals surface area (Å²) in [4.78, 5) is 9.09. The number of benzene rings is 1. The van der Waals surface area contributed by atoms with Gasteiger partial charge in [0.2, 0.25) is 0 Å². The van der Waals surface area contributed by atoms with E-state index in [1.54, 1.807) is 0 Å². The number of hydrogen-bond donors (Lipinski definition) is 0. The minimum Gasteiger partial charge on any atom is -0.258 e. The maximum atomic E-state index is 12.5. The SMILES string of the molecule is O=[N+]([O-])c1cc(Br)cc(C(F)F)c1C(F)(F)F. The quantitative estimate of drug-likeness (QED) is 0.463. The van der Waals surface area contributed by atoms with Gasteiger partial charge in [-0.2, -0.15) is 13.2 Å². The Morgan fingerprint density at radius 2 is 1.82 bits per heavy atom. The van der Waals surface area contributed by atoms with Crippen molar-refractivity contribution < 1.29 is 26.9 Å². The lowest BCUT2D eigenvalue weighted by Gasteiger charge is -2.12. The van der Waals surface area contributed by atoms with Crippen molar-refractivity contribution in [2.24, 2.45) is 0 Å². The predicted octanol–water partition coefficient (Wildman–Crippen LogP) is 4.31. The standard InChI is InChI=1S/C8H3BrF5NO2/c9-3-1-4(7(10)11)6(8(12,13)14)5(2-3)15(16)17/h1-2,7H. The molecule has 0 bridgehead atoms. The first-order chi connectivity index (χ1) is 7.64. The van der Waals surface area contributed by atoms with Gasteiger partial charge in [0.05, 0.1) is 4.92 Å². The molecule has 0 aromatic heterocycles. The number of nitrogens with zero attached hydrogens (tertiary/aromatic N) is 1. The van der Waals surface area contributed by atoms with E-state index < -0.39 is 34.3 Å². The van der Waals surface area contributed by atoms with Crippen LogP contribution < -0.4 is 0 Å². The zero-order valence-electron chi connectivity index (χ0n) is 7.76. The molecule has 9 heteroatoms. The van der Waals surface area contributed by atoms with Gasteiger partial charge in [-0.3, -0.25) is 10.1 Å². The van der Waals surface area contributed by atoms with E-state index in [9.17, 15) is 32.1 Å². The second-order valence-corrected chi connectivity index (χ2v) is 3.86. The smallest absolute Gasteiger partial charge is 0.258 e. The molecule has 0 saturated carbocycles. The monoisotopic (exact) mass is 319 g/mol. The first-order valence-corrected chi connectivity index (χ1v) is 4.77. The van der Waals surface area contributed by atoms with E-state index >= 15 is 0 Å². The second-order valence-electron chi connectivity index (χ2n) is 2.94. The average Bonchev–Trinajstić information content (AvgIpc) is 2.14. The van der Waals surface area contributed by atoms with E-state index in [-0.39, 0.29) is 4.47 Å². The molecule has 0 aliphatic rings. The number of nitro benzene ring substituents is 1. The molecule has 0 saturated heterocycles. The Hall–Kier alpha value is -1.25. The highest BCUT2D eigenvalue weighted by Gasteiger charge is 2.43. The summed E-state index contributed by atoms with van der Waals surface area (Å²) in [6, 6.07) is 1.05. The molecule has 0 fully saturated rings. The highest BCUT2D eigenvalue weighted by molar-refractivity contribution is 9.10. The summed E-state index contributed by atoms with van der Waals surface area (Å²) in [6.45, 7) is 0. The van der Waals surface area contributed by atoms with Gasteiger partial charge < -0.3 is 0 Å². The molecule has 1 aromatic rings. The van der Waals surface area contributed by atoms with E-state index in [0.29, 0.717) is 12.1 Å². The van der Waals surface area contributed by atoms with Crippen molar-refractivity contribution in [1.29, 1.82) is 0 Å². The van der Waals surface area contributed by atoms with Gasteiger partial charge >= 0.3 is 6.18 Å². The molecular weight excluding hydrogens is 317 g/mol. The molecular formula is C8H3BrF5NO2. The van der Waals surface area contributed by atoms with Gasteiger partial charge in [-0.15, -0.1) is 0 Å². The van der Waals surface area contributed by atoms with Crippen molar-refractivity contribution in [2.75, 3.05) is 0 Å². The van der Waals surface area contributed by atoms with Crippen molar-refractivity contribution >= 4 is 21.6 Å². The van der Waals surface area contributed by atoms with Crippen molar-refractivity contribution in [2.45, 2.75) is 12.6 Å². The van der Waals surface area contributed by atoms with Crippen LogP contribution in [0.4, 0.5) is 27.6 Å². The Labute approximate surface area is 99.5 Å². The van der Waals surface area contributed by atoms with Gasteiger partial charge in [0.25, 0.3) is 12.1 Å². The van der Waals surface area contributed by atoms with Crippen LogP contribution in [0.1, 0.15) is 17.6 Å². The summed E-state index contributed by atoms with van der Waals surface area (Å²) < 4.78 is 62.2. The fraction of sp³-hybridized carbons (Fsp3) is 0.250. The lowest BCUT2D eigenvalue weighted by atomic mass is 10.1. The number of alkyl halides is 5. The van der Waals surface area contributed by atoms with Crippen molar-refractivity contribution in [3.8, 4) is 0 Å². The van der Waals surface area contributed by atoms with E-state index in [4.69, 9.17) is 0 Å². The summed E-state index contributed by atoms with van der Waals surface area (Å²) in [6.07, 6.45) is -8.67. The van der Waals surface area contributed by atoms with E-state index in [1.165, 1.54) is 0 Å². The Balaban J connectivity index is 3.66. The third kappa shape index (κ3) is 2.90. The normalized spacial score (nSPS) is 11.9. The minimum absolute atomic E-state index is 0.215. The van der Waals surface area contributed by atoms with Crippen LogP contribution in [0.25, 0.3) is 0 Å². The molecule has 1 aromatic carbocycles. The molecule has 0 atom stereocenters. The van der Waals surface area contributed by atoms with Crippen LogP contribution >= 0.6 is 15.9 Å². The summed E-state index contributed by atoms with van der Waals surface area (Å²) in [5, 5.41) is 10.4. The number of halogens is 6. The van der Waals surface area contributed by atoms with Crippen LogP contribution in [-0.4, -0.2) is 4.92 Å². The maximum absolute atomic E-state index is 12.5. The highest BCUT2D eigenvalue weighted by atomic mass is 79.9. The molecule has 0 N–H and O–H groups in total. The molecule has 17 heavy (non-hydrogen) atoms. The number of nitro groups is 1. The van der Waals surface area contributed by atoms with Crippen molar-refractivity contribution in [1.82, 2.24) is 0 Å². The first-order valence-electron chi connectivity index (χ1n) is 3.97.